The van der Waals surface area contributed by atoms with E-state index in [0.29, 0.717) is 13.0 Å². The van der Waals surface area contributed by atoms with Gasteiger partial charge in [-0.05, 0) is 26.3 Å². The smallest absolute Gasteiger partial charge is 0.214 e. The molecular formula is C18H21N7O2S. The molecule has 1 N–H and O–H groups in total. The molecule has 0 aromatic carbocycles. The number of hydrogen-bond acceptors (Lipinski definition) is 6. The van der Waals surface area contributed by atoms with Crippen molar-refractivity contribution in [2.75, 3.05) is 12.3 Å². The Kier molecular flexibility index (Phi) is 4.64. The van der Waals surface area contributed by atoms with E-state index in [9.17, 15) is 13.7 Å². The normalized spacial score (nSPS) is 21.3. The third-order valence-electron chi connectivity index (χ3n) is 5.29. The molecule has 3 atom stereocenters. The van der Waals surface area contributed by atoms with Gasteiger partial charge in [0.05, 0.1) is 29.8 Å². The van der Waals surface area contributed by atoms with Crippen molar-refractivity contribution in [1.82, 2.24) is 29.0 Å². The van der Waals surface area contributed by atoms with Gasteiger partial charge in [-0.1, -0.05) is 0 Å². The number of rotatable bonds is 6. The molecule has 1 saturated heterocycles. The van der Waals surface area contributed by atoms with Crippen molar-refractivity contribution in [3.05, 3.63) is 31.0 Å². The van der Waals surface area contributed by atoms with E-state index >= 15 is 0 Å². The predicted octanol–water partition coefficient (Wildman–Crippen LogP) is 1.95. The molecule has 3 aromatic rings. The van der Waals surface area contributed by atoms with Crippen LogP contribution in [0.1, 0.15) is 26.3 Å². The number of nitriles is 1. The summed E-state index contributed by atoms with van der Waals surface area (Å²) in [6.45, 7) is 3.81. The van der Waals surface area contributed by atoms with Gasteiger partial charge in [-0.2, -0.15) is 14.7 Å². The van der Waals surface area contributed by atoms with Crippen molar-refractivity contribution in [2.45, 2.75) is 32.4 Å². The fraction of sp³-hybridized carbons (Fsp3) is 0.444. The molecule has 0 radical (unpaired) electrons. The Morgan fingerprint density at radius 1 is 1.43 bits per heavy atom. The van der Waals surface area contributed by atoms with Crippen LogP contribution in [-0.4, -0.2) is 55.8 Å². The summed E-state index contributed by atoms with van der Waals surface area (Å²) in [5.74, 6) is -0.188. The third-order valence-corrected chi connectivity index (χ3v) is 7.15. The number of fused-ring (bicyclic) bond motifs is 1. The highest BCUT2D eigenvalue weighted by Crippen LogP contribution is 2.37. The molecule has 3 aromatic heterocycles. The Morgan fingerprint density at radius 3 is 3.00 bits per heavy atom. The number of nitrogens with zero attached hydrogens (tertiary/aromatic N) is 6. The van der Waals surface area contributed by atoms with Crippen molar-refractivity contribution in [3.8, 4) is 17.3 Å². The van der Waals surface area contributed by atoms with Gasteiger partial charge in [0.2, 0.25) is 10.0 Å². The summed E-state index contributed by atoms with van der Waals surface area (Å²) < 4.78 is 28.1. The van der Waals surface area contributed by atoms with Crippen molar-refractivity contribution in [3.63, 3.8) is 0 Å². The van der Waals surface area contributed by atoms with Crippen molar-refractivity contribution in [2.24, 2.45) is 5.92 Å². The second kappa shape index (κ2) is 7.00. The van der Waals surface area contributed by atoms with Gasteiger partial charge in [0.1, 0.15) is 12.0 Å². The van der Waals surface area contributed by atoms with Crippen LogP contribution >= 0.6 is 0 Å². The van der Waals surface area contributed by atoms with Crippen molar-refractivity contribution >= 4 is 21.1 Å². The average molecular weight is 399 g/mol. The van der Waals surface area contributed by atoms with Crippen LogP contribution in [0.5, 0.6) is 0 Å². The maximum atomic E-state index is 12.4. The average Bonchev–Trinajstić information content (AvgIpc) is 3.34. The third kappa shape index (κ3) is 3.06. The topological polar surface area (TPSA) is 121 Å². The lowest BCUT2D eigenvalue weighted by Gasteiger charge is -2.47. The minimum absolute atomic E-state index is 0.0495. The van der Waals surface area contributed by atoms with Crippen LogP contribution in [-0.2, 0) is 10.0 Å². The number of aromatic nitrogens is 5. The molecule has 0 amide bonds. The number of hydrogen-bond donors (Lipinski definition) is 1. The minimum Gasteiger partial charge on any atom is -0.346 e. The number of sulfonamides is 1. The maximum absolute atomic E-state index is 12.4. The maximum Gasteiger partial charge on any atom is 0.214 e. The minimum atomic E-state index is -3.31. The fourth-order valence-electron chi connectivity index (χ4n) is 3.67. The first-order valence-corrected chi connectivity index (χ1v) is 10.8. The molecule has 0 bridgehead atoms. The van der Waals surface area contributed by atoms with Crippen LogP contribution in [0.4, 0.5) is 0 Å². The highest BCUT2D eigenvalue weighted by atomic mass is 32.2. The molecule has 146 valence electrons. The van der Waals surface area contributed by atoms with Crippen LogP contribution < -0.4 is 0 Å². The summed E-state index contributed by atoms with van der Waals surface area (Å²) in [6.07, 6.45) is 7.41. The van der Waals surface area contributed by atoms with Crippen LogP contribution in [0.3, 0.4) is 0 Å². The summed E-state index contributed by atoms with van der Waals surface area (Å²) in [5.41, 5.74) is 2.37. The summed E-state index contributed by atoms with van der Waals surface area (Å²) in [7, 11) is -3.31. The first kappa shape index (κ1) is 18.6. The highest BCUT2D eigenvalue weighted by Gasteiger charge is 2.46. The van der Waals surface area contributed by atoms with E-state index in [4.69, 9.17) is 0 Å². The molecular weight excluding hydrogens is 378 g/mol. The Bertz CT molecular complexity index is 1140. The van der Waals surface area contributed by atoms with Gasteiger partial charge >= 0.3 is 0 Å². The van der Waals surface area contributed by atoms with Crippen LogP contribution in [0.2, 0.25) is 0 Å². The molecule has 1 aliphatic rings. The Hall–Kier alpha value is -2.77. The van der Waals surface area contributed by atoms with Gasteiger partial charge < -0.3 is 4.98 Å². The van der Waals surface area contributed by atoms with Gasteiger partial charge in [-0.3, -0.25) is 4.68 Å². The molecule has 4 heterocycles. The lowest BCUT2D eigenvalue weighted by atomic mass is 9.91. The molecule has 0 saturated carbocycles. The first-order chi connectivity index (χ1) is 13.4. The molecule has 0 spiro atoms. The van der Waals surface area contributed by atoms with Gasteiger partial charge in [0.25, 0.3) is 0 Å². The molecule has 10 heteroatoms. The standard InChI is InChI=1S/C18H21N7O2S/c1-3-28(26,27)25-10-16(15(25)6-12(2)7-19)24-9-13(8-23-24)17-14-4-5-20-18(14)22-11-21-17/h4-5,8-9,11-12,15-16H,3,6,10H2,1-2H3,(H,20,21,22). The zero-order valence-electron chi connectivity index (χ0n) is 15.6. The number of H-pyrrole nitrogens is 1. The predicted molar refractivity (Wildman–Crippen MR) is 103 cm³/mol. The molecule has 1 fully saturated rings. The molecule has 4 rings (SSSR count). The van der Waals surface area contributed by atoms with Crippen LogP contribution in [0.15, 0.2) is 31.0 Å². The molecule has 0 aliphatic carbocycles. The summed E-state index contributed by atoms with van der Waals surface area (Å²) in [5, 5.41) is 14.6. The fourth-order valence-corrected chi connectivity index (χ4v) is 5.03. The molecule has 9 nitrogen and oxygen atoms in total. The first-order valence-electron chi connectivity index (χ1n) is 9.16. The summed E-state index contributed by atoms with van der Waals surface area (Å²) in [6, 6.07) is 3.74. The molecule has 3 unspecified atom stereocenters. The van der Waals surface area contributed by atoms with Gasteiger partial charge in [0, 0.05) is 41.8 Å². The van der Waals surface area contributed by atoms with E-state index < -0.39 is 10.0 Å². The van der Waals surface area contributed by atoms with E-state index in [-0.39, 0.29) is 23.8 Å². The second-order valence-electron chi connectivity index (χ2n) is 7.04. The SMILES string of the molecule is CCS(=O)(=O)N1CC(n2cc(-c3ncnc4[nH]ccc34)cn2)C1CC(C)C#N. The van der Waals surface area contributed by atoms with E-state index in [1.165, 1.54) is 10.6 Å². The zero-order valence-corrected chi connectivity index (χ0v) is 16.5. The zero-order chi connectivity index (χ0) is 19.9. The van der Waals surface area contributed by atoms with Crippen LogP contribution in [0.25, 0.3) is 22.3 Å². The van der Waals surface area contributed by atoms with E-state index in [1.807, 2.05) is 25.4 Å². The Balaban J connectivity index is 1.64. The van der Waals surface area contributed by atoms with E-state index in [0.717, 1.165) is 22.3 Å². The monoisotopic (exact) mass is 399 g/mol. The van der Waals surface area contributed by atoms with Crippen molar-refractivity contribution in [1.29, 1.82) is 5.26 Å². The summed E-state index contributed by atoms with van der Waals surface area (Å²) in [4.78, 5) is 11.6. The molecule has 28 heavy (non-hydrogen) atoms. The molecule has 1 aliphatic heterocycles. The largest absolute Gasteiger partial charge is 0.346 e. The van der Waals surface area contributed by atoms with Gasteiger partial charge in [-0.25, -0.2) is 18.4 Å². The number of nitrogens with one attached hydrogen (secondary N) is 1. The van der Waals surface area contributed by atoms with Gasteiger partial charge in [-0.15, -0.1) is 0 Å². The number of aromatic amines is 1. The lowest BCUT2D eigenvalue weighted by molar-refractivity contribution is 0.0846. The van der Waals surface area contributed by atoms with Crippen molar-refractivity contribution < 1.29 is 8.42 Å². The quantitative estimate of drug-likeness (QED) is 0.676. The second-order valence-corrected chi connectivity index (χ2v) is 9.25. The van der Waals surface area contributed by atoms with Crippen LogP contribution in [0, 0.1) is 17.2 Å². The lowest BCUT2D eigenvalue weighted by Crippen LogP contribution is -2.59. The highest BCUT2D eigenvalue weighted by molar-refractivity contribution is 7.89. The Morgan fingerprint density at radius 2 is 2.25 bits per heavy atom. The van der Waals surface area contributed by atoms with E-state index in [2.05, 4.69) is 26.1 Å². The van der Waals surface area contributed by atoms with E-state index in [1.54, 1.807) is 17.8 Å². The Labute approximate surface area is 163 Å². The van der Waals surface area contributed by atoms with Gasteiger partial charge in [0.15, 0.2) is 0 Å². The summed E-state index contributed by atoms with van der Waals surface area (Å²) >= 11 is 0.